The van der Waals surface area contributed by atoms with E-state index in [9.17, 15) is 9.59 Å². The van der Waals surface area contributed by atoms with E-state index in [4.69, 9.17) is 0 Å². The molecule has 4 aliphatic rings. The van der Waals surface area contributed by atoms with Crippen molar-refractivity contribution in [3.8, 4) is 0 Å². The van der Waals surface area contributed by atoms with E-state index in [1.165, 1.54) is 6.42 Å². The minimum absolute atomic E-state index is 0.0276. The number of carbonyl (C=O) groups excluding carboxylic acids is 2. The predicted molar refractivity (Wildman–Crippen MR) is 126 cm³/mol. The molecule has 2 aromatic rings. The molecular formula is C26H34N6O2. The molecule has 8 heteroatoms. The third kappa shape index (κ3) is 5.10. The molecule has 2 aromatic heterocycles. The van der Waals surface area contributed by atoms with Gasteiger partial charge in [0.2, 0.25) is 11.8 Å². The summed E-state index contributed by atoms with van der Waals surface area (Å²) in [6, 6.07) is 3.68. The minimum Gasteiger partial charge on any atom is -0.350 e. The van der Waals surface area contributed by atoms with E-state index in [0.717, 1.165) is 43.5 Å². The van der Waals surface area contributed by atoms with Crippen LogP contribution in [0.5, 0.6) is 0 Å². The third-order valence-corrected chi connectivity index (χ3v) is 7.98. The maximum absolute atomic E-state index is 13.0. The van der Waals surface area contributed by atoms with Crippen LogP contribution >= 0.6 is 0 Å². The Balaban J connectivity index is 1.20. The van der Waals surface area contributed by atoms with Gasteiger partial charge in [0.25, 0.3) is 0 Å². The van der Waals surface area contributed by atoms with E-state index in [-0.39, 0.29) is 22.6 Å². The first-order chi connectivity index (χ1) is 16.3. The van der Waals surface area contributed by atoms with E-state index in [2.05, 4.69) is 30.6 Å². The second-order valence-corrected chi connectivity index (χ2v) is 11.1. The summed E-state index contributed by atoms with van der Waals surface area (Å²) in [4.78, 5) is 42.9. The summed E-state index contributed by atoms with van der Waals surface area (Å²) in [6.07, 6.45) is 11.3. The molecule has 2 heterocycles. The zero-order valence-corrected chi connectivity index (χ0v) is 20.1. The molecule has 4 fully saturated rings. The summed E-state index contributed by atoms with van der Waals surface area (Å²) in [7, 11) is 0. The second kappa shape index (κ2) is 9.04. The molecule has 0 spiro atoms. The van der Waals surface area contributed by atoms with Gasteiger partial charge in [0.05, 0.1) is 24.5 Å². The highest BCUT2D eigenvalue weighted by molar-refractivity contribution is 5.78. The Morgan fingerprint density at radius 1 is 0.824 bits per heavy atom. The van der Waals surface area contributed by atoms with Crippen molar-refractivity contribution in [2.24, 2.45) is 22.7 Å². The lowest BCUT2D eigenvalue weighted by molar-refractivity contribution is -0.146. The van der Waals surface area contributed by atoms with Crippen LogP contribution in [-0.4, -0.2) is 31.8 Å². The van der Waals surface area contributed by atoms with Crippen molar-refractivity contribution in [1.82, 2.24) is 30.6 Å². The van der Waals surface area contributed by atoms with Crippen molar-refractivity contribution < 1.29 is 9.59 Å². The van der Waals surface area contributed by atoms with Crippen LogP contribution in [0.2, 0.25) is 0 Å². The van der Waals surface area contributed by atoms with Crippen molar-refractivity contribution in [2.45, 2.75) is 78.3 Å². The molecule has 6 rings (SSSR count). The van der Waals surface area contributed by atoms with E-state index in [1.54, 1.807) is 12.4 Å². The molecule has 0 radical (unpaired) electrons. The third-order valence-electron chi connectivity index (χ3n) is 7.98. The van der Waals surface area contributed by atoms with Crippen LogP contribution in [0.3, 0.4) is 0 Å². The van der Waals surface area contributed by atoms with Crippen molar-refractivity contribution in [3.05, 3.63) is 47.6 Å². The average Bonchev–Trinajstić information content (AvgIpc) is 2.75. The van der Waals surface area contributed by atoms with Gasteiger partial charge in [-0.1, -0.05) is 0 Å². The zero-order valence-electron chi connectivity index (χ0n) is 20.1. The van der Waals surface area contributed by atoms with Crippen LogP contribution in [-0.2, 0) is 22.7 Å². The van der Waals surface area contributed by atoms with Gasteiger partial charge in [0, 0.05) is 25.2 Å². The molecule has 180 valence electrons. The fraction of sp³-hybridized carbons (Fsp3) is 0.615. The van der Waals surface area contributed by atoms with Crippen molar-refractivity contribution >= 4 is 11.8 Å². The fourth-order valence-corrected chi connectivity index (χ4v) is 7.45. The minimum atomic E-state index is 0.0276. The van der Waals surface area contributed by atoms with Gasteiger partial charge in [-0.05, 0) is 87.2 Å². The number of hydrogen-bond acceptors (Lipinski definition) is 6. The summed E-state index contributed by atoms with van der Waals surface area (Å²) in [5.74, 6) is 2.88. The average molecular weight is 463 g/mol. The molecule has 34 heavy (non-hydrogen) atoms. The number of amides is 2. The van der Waals surface area contributed by atoms with Crippen LogP contribution in [0.1, 0.15) is 74.4 Å². The standard InChI is InChI=1S/C26H34N6O2/c1-17-27-5-3-21(31-17)14-29-23(33)12-25-8-19-7-20(9-25)11-26(10-19,16-25)13-24(34)30-15-22-4-6-28-18(2)32-22/h3-6,19-20H,7-16H2,1-2H3,(H,29,33)(H,30,34). The van der Waals surface area contributed by atoms with Crippen molar-refractivity contribution in [1.29, 1.82) is 0 Å². The van der Waals surface area contributed by atoms with Crippen molar-refractivity contribution in [2.75, 3.05) is 0 Å². The maximum atomic E-state index is 13.0. The molecule has 0 saturated heterocycles. The predicted octanol–water partition coefficient (Wildman–Crippen LogP) is 3.18. The highest BCUT2D eigenvalue weighted by atomic mass is 16.2. The van der Waals surface area contributed by atoms with Crippen LogP contribution in [0.4, 0.5) is 0 Å². The number of nitrogens with zero attached hydrogens (tertiary/aromatic N) is 4. The molecular weight excluding hydrogens is 428 g/mol. The Kier molecular flexibility index (Phi) is 6.08. The van der Waals surface area contributed by atoms with Crippen LogP contribution in [0.25, 0.3) is 0 Å². The molecule has 0 unspecified atom stereocenters. The first-order valence-corrected chi connectivity index (χ1v) is 12.4. The summed E-state index contributed by atoms with van der Waals surface area (Å²) in [5.41, 5.74) is 1.72. The molecule has 2 amide bonds. The number of aromatic nitrogens is 4. The summed E-state index contributed by atoms with van der Waals surface area (Å²) in [5, 5.41) is 6.15. The van der Waals surface area contributed by atoms with Gasteiger partial charge >= 0.3 is 0 Å². The van der Waals surface area contributed by atoms with Gasteiger partial charge in [0.1, 0.15) is 11.6 Å². The molecule has 8 nitrogen and oxygen atoms in total. The fourth-order valence-electron chi connectivity index (χ4n) is 7.45. The normalized spacial score (nSPS) is 29.1. The van der Waals surface area contributed by atoms with Crippen LogP contribution in [0.15, 0.2) is 24.5 Å². The molecule has 0 atom stereocenters. The first kappa shape index (κ1) is 22.9. The molecule has 2 N–H and O–H groups in total. The summed E-state index contributed by atoms with van der Waals surface area (Å²) >= 11 is 0. The molecule has 4 bridgehead atoms. The SMILES string of the molecule is Cc1nccc(CNC(=O)CC23CC4CC(C2)CC(CC(=O)NCc2ccnc(C)n2)(C4)C3)n1. The molecule has 0 aliphatic heterocycles. The zero-order chi connectivity index (χ0) is 23.8. The lowest BCUT2D eigenvalue weighted by Gasteiger charge is -2.62. The summed E-state index contributed by atoms with van der Waals surface area (Å²) < 4.78 is 0. The Bertz CT molecular complexity index is 991. The van der Waals surface area contributed by atoms with Crippen molar-refractivity contribution in [3.63, 3.8) is 0 Å². The van der Waals surface area contributed by atoms with Crippen LogP contribution in [0, 0.1) is 36.5 Å². The van der Waals surface area contributed by atoms with Gasteiger partial charge in [-0.2, -0.15) is 0 Å². The van der Waals surface area contributed by atoms with E-state index >= 15 is 0 Å². The summed E-state index contributed by atoms with van der Waals surface area (Å²) in [6.45, 7) is 4.57. The highest BCUT2D eigenvalue weighted by Crippen LogP contribution is 2.67. The number of rotatable bonds is 8. The monoisotopic (exact) mass is 462 g/mol. The first-order valence-electron chi connectivity index (χ1n) is 12.4. The molecule has 0 aromatic carbocycles. The quantitative estimate of drug-likeness (QED) is 0.624. The Morgan fingerprint density at radius 2 is 1.26 bits per heavy atom. The maximum Gasteiger partial charge on any atom is 0.220 e. The smallest absolute Gasteiger partial charge is 0.220 e. The number of nitrogens with one attached hydrogen (secondary N) is 2. The lowest BCUT2D eigenvalue weighted by atomic mass is 9.43. The van der Waals surface area contributed by atoms with Gasteiger partial charge in [-0.3, -0.25) is 9.59 Å². The van der Waals surface area contributed by atoms with Gasteiger partial charge < -0.3 is 10.6 Å². The largest absolute Gasteiger partial charge is 0.350 e. The molecule has 4 aliphatic carbocycles. The van der Waals surface area contributed by atoms with E-state index in [1.807, 2.05) is 26.0 Å². The Labute approximate surface area is 200 Å². The van der Waals surface area contributed by atoms with Gasteiger partial charge in [-0.15, -0.1) is 0 Å². The Morgan fingerprint density at radius 3 is 1.68 bits per heavy atom. The second-order valence-electron chi connectivity index (χ2n) is 11.1. The number of aryl methyl sites for hydroxylation is 2. The molecule has 4 saturated carbocycles. The number of carbonyl (C=O) groups is 2. The Hall–Kier alpha value is -2.90. The number of hydrogen-bond donors (Lipinski definition) is 2. The lowest BCUT2D eigenvalue weighted by Crippen LogP contribution is -2.54. The van der Waals surface area contributed by atoms with Crippen LogP contribution < -0.4 is 10.6 Å². The van der Waals surface area contributed by atoms with Gasteiger partial charge in [0.15, 0.2) is 0 Å². The van der Waals surface area contributed by atoms with Gasteiger partial charge in [-0.25, -0.2) is 19.9 Å². The topological polar surface area (TPSA) is 110 Å². The van der Waals surface area contributed by atoms with E-state index in [0.29, 0.717) is 49.4 Å². The highest BCUT2D eigenvalue weighted by Gasteiger charge is 2.58. The van der Waals surface area contributed by atoms with E-state index < -0.39 is 0 Å².